The SMILES string of the molecule is O=C(Nc1ccccc1-c1cn2ccsc2n1)c1ccc(Oc2ccccc2)cc1. The molecule has 0 bridgehead atoms. The number of fused-ring (bicyclic) bond motifs is 1. The minimum atomic E-state index is -0.185. The third-order valence-electron chi connectivity index (χ3n) is 4.64. The Morgan fingerprint density at radius 1 is 0.900 bits per heavy atom. The van der Waals surface area contributed by atoms with Gasteiger partial charge in [-0.2, -0.15) is 0 Å². The van der Waals surface area contributed by atoms with E-state index in [0.717, 1.165) is 27.7 Å². The number of aromatic nitrogens is 2. The van der Waals surface area contributed by atoms with Gasteiger partial charge < -0.3 is 10.1 Å². The molecule has 2 heterocycles. The molecule has 0 atom stereocenters. The third kappa shape index (κ3) is 3.68. The van der Waals surface area contributed by atoms with Crippen LogP contribution in [0.3, 0.4) is 0 Å². The van der Waals surface area contributed by atoms with Crippen LogP contribution in [-0.4, -0.2) is 15.3 Å². The third-order valence-corrected chi connectivity index (χ3v) is 5.41. The van der Waals surface area contributed by atoms with Crippen molar-refractivity contribution in [1.82, 2.24) is 9.38 Å². The molecule has 0 saturated carbocycles. The van der Waals surface area contributed by atoms with Gasteiger partial charge in [-0.3, -0.25) is 9.20 Å². The van der Waals surface area contributed by atoms with Gasteiger partial charge in [0.05, 0.1) is 11.4 Å². The molecule has 1 N–H and O–H groups in total. The molecule has 0 aliphatic heterocycles. The predicted molar refractivity (Wildman–Crippen MR) is 119 cm³/mol. The molecule has 2 aromatic heterocycles. The monoisotopic (exact) mass is 411 g/mol. The van der Waals surface area contributed by atoms with E-state index < -0.39 is 0 Å². The Morgan fingerprint density at radius 2 is 1.63 bits per heavy atom. The molecule has 0 aliphatic rings. The van der Waals surface area contributed by atoms with E-state index in [1.165, 1.54) is 0 Å². The maximum absolute atomic E-state index is 12.8. The summed E-state index contributed by atoms with van der Waals surface area (Å²) in [5.74, 6) is 1.24. The molecule has 30 heavy (non-hydrogen) atoms. The fraction of sp³-hybridized carbons (Fsp3) is 0. The molecule has 5 nitrogen and oxygen atoms in total. The van der Waals surface area contributed by atoms with E-state index in [0.29, 0.717) is 11.3 Å². The van der Waals surface area contributed by atoms with E-state index in [9.17, 15) is 4.79 Å². The van der Waals surface area contributed by atoms with Crippen LogP contribution in [0.1, 0.15) is 10.4 Å². The Labute approximate surface area is 177 Å². The summed E-state index contributed by atoms with van der Waals surface area (Å²) in [6.07, 6.45) is 3.93. The molecular weight excluding hydrogens is 394 g/mol. The Hall–Kier alpha value is -3.90. The lowest BCUT2D eigenvalue weighted by atomic mass is 10.1. The Morgan fingerprint density at radius 3 is 2.43 bits per heavy atom. The quantitative estimate of drug-likeness (QED) is 0.380. The first-order valence-corrected chi connectivity index (χ1v) is 10.3. The van der Waals surface area contributed by atoms with Crippen molar-refractivity contribution < 1.29 is 9.53 Å². The van der Waals surface area contributed by atoms with Crippen LogP contribution >= 0.6 is 11.3 Å². The number of carbonyl (C=O) groups excluding carboxylic acids is 1. The lowest BCUT2D eigenvalue weighted by molar-refractivity contribution is 0.102. The molecule has 3 aromatic carbocycles. The Bertz CT molecular complexity index is 1280. The number of benzene rings is 3. The van der Waals surface area contributed by atoms with E-state index in [2.05, 4.69) is 10.3 Å². The van der Waals surface area contributed by atoms with E-state index >= 15 is 0 Å². The summed E-state index contributed by atoms with van der Waals surface area (Å²) in [5.41, 5.74) is 2.98. The smallest absolute Gasteiger partial charge is 0.255 e. The number of amides is 1. The molecule has 0 saturated heterocycles. The summed E-state index contributed by atoms with van der Waals surface area (Å²) in [4.78, 5) is 18.4. The van der Waals surface area contributed by atoms with Gasteiger partial charge in [0.25, 0.3) is 5.91 Å². The number of carbonyl (C=O) groups is 1. The number of ether oxygens (including phenoxy) is 1. The normalized spacial score (nSPS) is 10.8. The van der Waals surface area contributed by atoms with Gasteiger partial charge in [0.15, 0.2) is 4.96 Å². The molecule has 1 amide bonds. The number of nitrogens with zero attached hydrogens (tertiary/aromatic N) is 2. The molecule has 5 rings (SSSR count). The van der Waals surface area contributed by atoms with Gasteiger partial charge in [0.2, 0.25) is 0 Å². The van der Waals surface area contributed by atoms with Crippen LogP contribution in [0.5, 0.6) is 11.5 Å². The van der Waals surface area contributed by atoms with Gasteiger partial charge in [0, 0.05) is 28.9 Å². The maximum Gasteiger partial charge on any atom is 0.255 e. The predicted octanol–water partition coefficient (Wildman–Crippen LogP) is 6.11. The molecule has 0 radical (unpaired) electrons. The highest BCUT2D eigenvalue weighted by Gasteiger charge is 2.13. The lowest BCUT2D eigenvalue weighted by Gasteiger charge is -2.10. The number of anilines is 1. The molecule has 0 fully saturated rings. The average Bonchev–Trinajstić information content (AvgIpc) is 3.38. The van der Waals surface area contributed by atoms with E-state index in [1.54, 1.807) is 35.6 Å². The molecule has 0 unspecified atom stereocenters. The summed E-state index contributed by atoms with van der Waals surface area (Å²) in [7, 11) is 0. The number of rotatable bonds is 5. The first-order chi connectivity index (χ1) is 14.8. The van der Waals surface area contributed by atoms with Gasteiger partial charge >= 0.3 is 0 Å². The van der Waals surface area contributed by atoms with Crippen molar-refractivity contribution in [2.75, 3.05) is 5.32 Å². The first-order valence-electron chi connectivity index (χ1n) is 9.42. The second-order valence-electron chi connectivity index (χ2n) is 6.66. The van der Waals surface area contributed by atoms with E-state index in [-0.39, 0.29) is 5.91 Å². The highest BCUT2D eigenvalue weighted by atomic mass is 32.1. The van der Waals surface area contributed by atoms with Crippen molar-refractivity contribution in [1.29, 1.82) is 0 Å². The van der Waals surface area contributed by atoms with Gasteiger partial charge in [-0.15, -0.1) is 11.3 Å². The van der Waals surface area contributed by atoms with Crippen molar-refractivity contribution in [2.45, 2.75) is 0 Å². The van der Waals surface area contributed by atoms with Gasteiger partial charge in [-0.25, -0.2) is 4.98 Å². The molecule has 0 spiro atoms. The minimum absolute atomic E-state index is 0.185. The van der Waals surface area contributed by atoms with Gasteiger partial charge in [-0.1, -0.05) is 36.4 Å². The second kappa shape index (κ2) is 7.85. The summed E-state index contributed by atoms with van der Waals surface area (Å²) >= 11 is 1.57. The molecule has 146 valence electrons. The molecule has 6 heteroatoms. The largest absolute Gasteiger partial charge is 0.457 e. The van der Waals surface area contributed by atoms with Crippen LogP contribution in [0, 0.1) is 0 Å². The zero-order valence-electron chi connectivity index (χ0n) is 15.9. The van der Waals surface area contributed by atoms with Crippen LogP contribution in [0.4, 0.5) is 5.69 Å². The number of para-hydroxylation sites is 2. The van der Waals surface area contributed by atoms with E-state index in [1.807, 2.05) is 76.8 Å². The zero-order chi connectivity index (χ0) is 20.3. The second-order valence-corrected chi connectivity index (χ2v) is 7.53. The molecule has 5 aromatic rings. The number of imidazole rings is 1. The summed E-state index contributed by atoms with van der Waals surface area (Å²) in [5, 5.41) is 5.00. The molecular formula is C24H17N3O2S. The Balaban J connectivity index is 1.35. The standard InChI is InChI=1S/C24H17N3O2S/c28-23(17-10-12-19(13-11-17)29-18-6-2-1-3-7-18)25-21-9-5-4-8-20(21)22-16-27-14-15-30-24(27)26-22/h1-16H,(H,25,28). The highest BCUT2D eigenvalue weighted by Crippen LogP contribution is 2.29. The highest BCUT2D eigenvalue weighted by molar-refractivity contribution is 7.15. The number of nitrogens with one attached hydrogen (secondary N) is 1. The van der Waals surface area contributed by atoms with Crippen molar-refractivity contribution in [3.8, 4) is 22.8 Å². The minimum Gasteiger partial charge on any atom is -0.457 e. The zero-order valence-corrected chi connectivity index (χ0v) is 16.7. The van der Waals surface area contributed by atoms with Gasteiger partial charge in [-0.05, 0) is 42.5 Å². The fourth-order valence-corrected chi connectivity index (χ4v) is 3.87. The fourth-order valence-electron chi connectivity index (χ4n) is 3.17. The topological polar surface area (TPSA) is 55.6 Å². The van der Waals surface area contributed by atoms with Crippen LogP contribution in [-0.2, 0) is 0 Å². The van der Waals surface area contributed by atoms with Crippen LogP contribution in [0.2, 0.25) is 0 Å². The molecule has 0 aliphatic carbocycles. The van der Waals surface area contributed by atoms with Crippen LogP contribution in [0.25, 0.3) is 16.2 Å². The van der Waals surface area contributed by atoms with Crippen molar-refractivity contribution in [2.24, 2.45) is 0 Å². The number of hydrogen-bond acceptors (Lipinski definition) is 4. The maximum atomic E-state index is 12.8. The lowest BCUT2D eigenvalue weighted by Crippen LogP contribution is -2.12. The Kier molecular flexibility index (Phi) is 4.75. The van der Waals surface area contributed by atoms with Crippen LogP contribution < -0.4 is 10.1 Å². The van der Waals surface area contributed by atoms with E-state index in [4.69, 9.17) is 4.74 Å². The van der Waals surface area contributed by atoms with Crippen molar-refractivity contribution in [3.63, 3.8) is 0 Å². The van der Waals surface area contributed by atoms with Crippen molar-refractivity contribution in [3.05, 3.63) is 102 Å². The van der Waals surface area contributed by atoms with Gasteiger partial charge in [0.1, 0.15) is 11.5 Å². The summed E-state index contributed by atoms with van der Waals surface area (Å²) in [6, 6.07) is 24.3. The average molecular weight is 411 g/mol. The summed E-state index contributed by atoms with van der Waals surface area (Å²) < 4.78 is 7.76. The number of hydrogen-bond donors (Lipinski definition) is 1. The van der Waals surface area contributed by atoms with Crippen LogP contribution in [0.15, 0.2) is 96.6 Å². The van der Waals surface area contributed by atoms with Crippen molar-refractivity contribution >= 4 is 27.9 Å². The summed E-state index contributed by atoms with van der Waals surface area (Å²) in [6.45, 7) is 0. The first kappa shape index (κ1) is 18.1. The number of thiazole rings is 1.